The molecule has 0 unspecified atom stereocenters. The Morgan fingerprint density at radius 2 is 1.61 bits per heavy atom. The molecule has 18 heavy (non-hydrogen) atoms. The number of hydroxylamine groups is 2. The van der Waals surface area contributed by atoms with E-state index in [1.165, 1.54) is 11.5 Å². The molecule has 4 aliphatic carbocycles. The average molecular weight is 381 g/mol. The molecule has 3 nitrogen and oxygen atoms in total. The number of halogens is 2. The predicted octanol–water partition coefficient (Wildman–Crippen LogP) is 3.11. The lowest BCUT2D eigenvalue weighted by Gasteiger charge is -2.61. The van der Waals surface area contributed by atoms with Gasteiger partial charge in [0.15, 0.2) is 0 Å². The Bertz CT molecular complexity index is 351. The van der Waals surface area contributed by atoms with Crippen LogP contribution in [0.3, 0.4) is 0 Å². The molecule has 0 radical (unpaired) electrons. The molecule has 0 heterocycles. The van der Waals surface area contributed by atoms with E-state index < -0.39 is 0 Å². The number of hydrogen-bond acceptors (Lipinski definition) is 2. The van der Waals surface area contributed by atoms with E-state index in [0.29, 0.717) is 11.8 Å². The van der Waals surface area contributed by atoms with Crippen molar-refractivity contribution in [3.05, 3.63) is 0 Å². The Hall–Kier alpha value is 0.390. The summed E-state index contributed by atoms with van der Waals surface area (Å²) in [5, 5.41) is 1.41. The highest BCUT2D eigenvalue weighted by Gasteiger charge is 2.61. The molecular formula is C13H19Br2NO2. The van der Waals surface area contributed by atoms with Crippen molar-refractivity contribution in [2.75, 3.05) is 14.2 Å². The van der Waals surface area contributed by atoms with Crippen molar-refractivity contribution in [3.8, 4) is 0 Å². The van der Waals surface area contributed by atoms with Gasteiger partial charge in [0.05, 0.1) is 7.11 Å². The van der Waals surface area contributed by atoms with Gasteiger partial charge in [0.25, 0.3) is 0 Å². The standard InChI is InChI=1S/C13H19Br2NO2/c1-16(18-2)11(17)10-8-3-12(14)5-9(10)6-13(15,4-8)7-12/h8-10H,3-7H2,1-2H3. The Morgan fingerprint density at radius 3 is 2.00 bits per heavy atom. The molecule has 0 aromatic carbocycles. The van der Waals surface area contributed by atoms with Crippen LogP contribution in [-0.4, -0.2) is 33.8 Å². The molecule has 0 aromatic rings. The molecule has 0 aromatic heterocycles. The van der Waals surface area contributed by atoms with Gasteiger partial charge in [-0.25, -0.2) is 5.06 Å². The monoisotopic (exact) mass is 379 g/mol. The second-order valence-corrected chi connectivity index (χ2v) is 9.72. The zero-order valence-electron chi connectivity index (χ0n) is 10.8. The summed E-state index contributed by atoms with van der Waals surface area (Å²) in [7, 11) is 3.28. The van der Waals surface area contributed by atoms with Gasteiger partial charge in [0.2, 0.25) is 5.91 Å². The summed E-state index contributed by atoms with van der Waals surface area (Å²) >= 11 is 7.87. The molecule has 0 saturated heterocycles. The van der Waals surface area contributed by atoms with Gasteiger partial charge in [-0.2, -0.15) is 0 Å². The molecule has 0 atom stereocenters. The van der Waals surface area contributed by atoms with E-state index in [1.807, 2.05) is 0 Å². The summed E-state index contributed by atoms with van der Waals surface area (Å²) in [6.07, 6.45) is 5.72. The van der Waals surface area contributed by atoms with Crippen molar-refractivity contribution in [1.82, 2.24) is 5.06 Å². The largest absolute Gasteiger partial charge is 0.275 e. The number of alkyl halides is 2. The van der Waals surface area contributed by atoms with Crippen LogP contribution in [0.2, 0.25) is 0 Å². The van der Waals surface area contributed by atoms with Crippen molar-refractivity contribution in [2.24, 2.45) is 17.8 Å². The van der Waals surface area contributed by atoms with Crippen molar-refractivity contribution in [1.29, 1.82) is 0 Å². The second kappa shape index (κ2) is 4.19. The fourth-order valence-electron chi connectivity index (χ4n) is 4.64. The molecule has 5 heteroatoms. The smallest absolute Gasteiger partial charge is 0.249 e. The number of amides is 1. The fourth-order valence-corrected chi connectivity index (χ4v) is 7.76. The average Bonchev–Trinajstić information content (AvgIpc) is 2.23. The molecule has 102 valence electrons. The van der Waals surface area contributed by atoms with Crippen LogP contribution in [0.25, 0.3) is 0 Å². The van der Waals surface area contributed by atoms with Crippen LogP contribution in [0.4, 0.5) is 0 Å². The summed E-state index contributed by atoms with van der Waals surface area (Å²) in [4.78, 5) is 17.5. The zero-order chi connectivity index (χ0) is 13.1. The summed E-state index contributed by atoms with van der Waals surface area (Å²) in [6.45, 7) is 0. The molecule has 0 N–H and O–H groups in total. The molecular weight excluding hydrogens is 362 g/mol. The van der Waals surface area contributed by atoms with Crippen molar-refractivity contribution in [3.63, 3.8) is 0 Å². The third-order valence-corrected chi connectivity index (χ3v) is 6.89. The van der Waals surface area contributed by atoms with Gasteiger partial charge < -0.3 is 0 Å². The van der Waals surface area contributed by atoms with E-state index in [1.54, 1.807) is 14.2 Å². The van der Waals surface area contributed by atoms with Crippen LogP contribution in [0.15, 0.2) is 0 Å². The van der Waals surface area contributed by atoms with Gasteiger partial charge in [-0.1, -0.05) is 31.9 Å². The molecule has 4 saturated carbocycles. The highest BCUT2D eigenvalue weighted by atomic mass is 79.9. The minimum atomic E-state index is 0.159. The maximum atomic E-state index is 12.4. The van der Waals surface area contributed by atoms with Crippen molar-refractivity contribution in [2.45, 2.75) is 40.8 Å². The molecule has 4 aliphatic rings. The minimum absolute atomic E-state index is 0.159. The van der Waals surface area contributed by atoms with E-state index in [0.717, 1.165) is 25.7 Å². The first kappa shape index (κ1) is 13.4. The highest BCUT2D eigenvalue weighted by Crippen LogP contribution is 2.65. The number of rotatable bonds is 2. The molecule has 4 fully saturated rings. The molecule has 0 spiro atoms. The SMILES string of the molecule is CON(C)C(=O)C1C2CC3(Br)CC1CC(Br)(C2)C3. The van der Waals surface area contributed by atoms with Crippen LogP contribution in [0.1, 0.15) is 32.1 Å². The summed E-state index contributed by atoms with van der Waals surface area (Å²) in [5.74, 6) is 1.32. The number of hydrogen-bond donors (Lipinski definition) is 0. The first-order valence-electron chi connectivity index (χ1n) is 6.55. The summed E-state index contributed by atoms with van der Waals surface area (Å²) < 4.78 is 0.537. The first-order chi connectivity index (χ1) is 8.36. The summed E-state index contributed by atoms with van der Waals surface area (Å²) in [6, 6.07) is 0. The van der Waals surface area contributed by atoms with E-state index in [4.69, 9.17) is 4.84 Å². The lowest BCUT2D eigenvalue weighted by atomic mass is 9.51. The zero-order valence-corrected chi connectivity index (χ0v) is 14.0. The summed E-state index contributed by atoms with van der Waals surface area (Å²) in [5.41, 5.74) is 0. The maximum absolute atomic E-state index is 12.4. The van der Waals surface area contributed by atoms with E-state index >= 15 is 0 Å². The number of carbonyl (C=O) groups is 1. The van der Waals surface area contributed by atoms with Crippen LogP contribution >= 0.6 is 31.9 Å². The Balaban J connectivity index is 1.86. The molecule has 4 rings (SSSR count). The maximum Gasteiger partial charge on any atom is 0.249 e. The molecule has 0 aliphatic heterocycles. The first-order valence-corrected chi connectivity index (χ1v) is 8.14. The van der Waals surface area contributed by atoms with Crippen LogP contribution in [0, 0.1) is 17.8 Å². The third-order valence-electron chi connectivity index (χ3n) is 5.03. The van der Waals surface area contributed by atoms with Crippen LogP contribution in [-0.2, 0) is 9.63 Å². The van der Waals surface area contributed by atoms with Gasteiger partial charge in [0.1, 0.15) is 0 Å². The predicted molar refractivity (Wildman–Crippen MR) is 76.7 cm³/mol. The highest BCUT2D eigenvalue weighted by molar-refractivity contribution is 9.10. The van der Waals surface area contributed by atoms with E-state index in [9.17, 15) is 4.79 Å². The number of carbonyl (C=O) groups excluding carboxylic acids is 1. The van der Waals surface area contributed by atoms with Crippen molar-refractivity contribution < 1.29 is 9.63 Å². The second-order valence-electron chi connectivity index (χ2n) is 6.36. The van der Waals surface area contributed by atoms with Crippen molar-refractivity contribution >= 4 is 37.8 Å². The fraction of sp³-hybridized carbons (Fsp3) is 0.923. The molecule has 1 amide bonds. The quantitative estimate of drug-likeness (QED) is 0.544. The Labute approximate surface area is 125 Å². The van der Waals surface area contributed by atoms with Crippen LogP contribution in [0.5, 0.6) is 0 Å². The minimum Gasteiger partial charge on any atom is -0.275 e. The third kappa shape index (κ3) is 1.97. The van der Waals surface area contributed by atoms with E-state index in [-0.39, 0.29) is 20.5 Å². The van der Waals surface area contributed by atoms with Gasteiger partial charge >= 0.3 is 0 Å². The topological polar surface area (TPSA) is 29.5 Å². The Morgan fingerprint density at radius 1 is 1.17 bits per heavy atom. The number of nitrogens with zero attached hydrogens (tertiary/aromatic N) is 1. The van der Waals surface area contributed by atoms with Gasteiger partial charge in [-0.15, -0.1) is 0 Å². The Kier molecular flexibility index (Phi) is 3.11. The lowest BCUT2D eigenvalue weighted by Crippen LogP contribution is -2.60. The van der Waals surface area contributed by atoms with E-state index in [2.05, 4.69) is 31.9 Å². The molecule has 4 bridgehead atoms. The van der Waals surface area contributed by atoms with Gasteiger partial charge in [-0.05, 0) is 43.9 Å². The lowest BCUT2D eigenvalue weighted by molar-refractivity contribution is -0.183. The normalized spacial score (nSPS) is 49.4. The van der Waals surface area contributed by atoms with Crippen LogP contribution < -0.4 is 0 Å². The van der Waals surface area contributed by atoms with Gasteiger partial charge in [-0.3, -0.25) is 9.63 Å². The van der Waals surface area contributed by atoms with Gasteiger partial charge in [0, 0.05) is 21.6 Å².